The maximum Gasteiger partial charge on any atom is 0.233 e. The highest BCUT2D eigenvalue weighted by Crippen LogP contribution is 2.45. The molecule has 3 aromatic rings. The van der Waals surface area contributed by atoms with Gasteiger partial charge in [-0.05, 0) is 108 Å². The van der Waals surface area contributed by atoms with E-state index in [9.17, 15) is 13.2 Å². The maximum atomic E-state index is 14.0. The van der Waals surface area contributed by atoms with E-state index in [0.717, 1.165) is 74.3 Å². The van der Waals surface area contributed by atoms with Gasteiger partial charge < -0.3 is 19.5 Å². The lowest BCUT2D eigenvalue weighted by molar-refractivity contribution is -0.137. The number of H-pyrrole nitrogens is 1. The molecule has 250 valence electrons. The Kier molecular flexibility index (Phi) is 8.44. The third-order valence-electron chi connectivity index (χ3n) is 11.5. The topological polar surface area (TPSA) is 86.0 Å². The molecule has 7 rings (SSSR count). The predicted octanol–water partition coefficient (Wildman–Crippen LogP) is 6.00. The minimum Gasteiger partial charge on any atom is -0.377 e. The molecule has 4 saturated heterocycles. The zero-order chi connectivity index (χ0) is 32.4. The van der Waals surface area contributed by atoms with E-state index in [-0.39, 0.29) is 11.7 Å². The van der Waals surface area contributed by atoms with Gasteiger partial charge in [0.1, 0.15) is 4.83 Å². The van der Waals surface area contributed by atoms with Crippen LogP contribution in [0.15, 0.2) is 24.3 Å². The Morgan fingerprint density at radius 3 is 2.26 bits per heavy atom. The predicted molar refractivity (Wildman–Crippen MR) is 186 cm³/mol. The zero-order valence-corrected chi connectivity index (χ0v) is 29.8. The smallest absolute Gasteiger partial charge is 0.233 e. The summed E-state index contributed by atoms with van der Waals surface area (Å²) in [5.74, 6) is 0.538. The van der Waals surface area contributed by atoms with Crippen molar-refractivity contribution in [1.29, 1.82) is 0 Å². The summed E-state index contributed by atoms with van der Waals surface area (Å²) in [6.45, 7) is 12.3. The number of carbonyl (C=O) groups excluding carboxylic acids is 1. The number of likely N-dealkylation sites (tertiary alicyclic amines) is 1. The fraction of sp³-hybridized carbons (Fsp3) is 0.639. The van der Waals surface area contributed by atoms with Gasteiger partial charge in [-0.3, -0.25) is 4.79 Å². The molecule has 0 atom stereocenters. The SMILES string of the molecule is COC1(CN2CCCS2(=O)=O)CCN(CCc2c(-c3cc(C)cc(C)c3)[nH]c3sc(C(C)(C)C(=O)N4C5CCC4CC5)cc23)CC1. The Labute approximate surface area is 278 Å². The van der Waals surface area contributed by atoms with Crippen molar-refractivity contribution in [2.24, 2.45) is 0 Å². The second-order valence-electron chi connectivity index (χ2n) is 15.0. The highest BCUT2D eigenvalue weighted by molar-refractivity contribution is 7.89. The highest BCUT2D eigenvalue weighted by atomic mass is 32.2. The standard InChI is InChI=1S/C36H50N4O4S2/c1-24-19-25(2)21-26(20-24)32-29(11-15-38-16-12-36(44-5,13-17-38)23-39-14-6-18-46(39,42)43)30-22-31(45-33(30)37-32)35(3,4)34(41)40-27-7-8-28(40)10-9-27/h19-22,27-28,37H,6-18,23H2,1-5H3. The molecule has 10 heteroatoms. The number of benzene rings is 1. The van der Waals surface area contributed by atoms with Crippen LogP contribution in [-0.4, -0.2) is 96.7 Å². The lowest BCUT2D eigenvalue weighted by Crippen LogP contribution is -2.52. The van der Waals surface area contributed by atoms with Crippen molar-refractivity contribution in [2.75, 3.05) is 45.6 Å². The molecule has 1 N–H and O–H groups in total. The van der Waals surface area contributed by atoms with Crippen LogP contribution in [0.1, 0.15) is 80.4 Å². The minimum absolute atomic E-state index is 0.252. The average Bonchev–Trinajstić information content (AvgIpc) is 3.84. The van der Waals surface area contributed by atoms with Crippen molar-refractivity contribution >= 4 is 37.5 Å². The monoisotopic (exact) mass is 666 g/mol. The minimum atomic E-state index is -3.15. The number of sulfonamides is 1. The molecule has 0 spiro atoms. The molecule has 0 unspecified atom stereocenters. The van der Waals surface area contributed by atoms with Gasteiger partial charge >= 0.3 is 0 Å². The second kappa shape index (κ2) is 12.0. The quantitative estimate of drug-likeness (QED) is 0.303. The summed E-state index contributed by atoms with van der Waals surface area (Å²) in [5, 5.41) is 1.24. The summed E-state index contributed by atoms with van der Waals surface area (Å²) in [6, 6.07) is 9.91. The van der Waals surface area contributed by atoms with E-state index in [1.54, 1.807) is 22.8 Å². The largest absolute Gasteiger partial charge is 0.377 e. The Balaban J connectivity index is 1.13. The normalized spacial score (nSPS) is 24.8. The number of aromatic nitrogens is 1. The molecule has 4 aliphatic rings. The number of amides is 1. The number of rotatable bonds is 9. The summed E-state index contributed by atoms with van der Waals surface area (Å²) in [4.78, 5) is 24.8. The molecule has 1 amide bonds. The number of nitrogens with zero attached hydrogens (tertiary/aromatic N) is 3. The number of aryl methyl sites for hydroxylation is 2. The third-order valence-corrected chi connectivity index (χ3v) is 14.8. The van der Waals surface area contributed by atoms with Crippen molar-refractivity contribution in [3.63, 3.8) is 0 Å². The van der Waals surface area contributed by atoms with E-state index >= 15 is 0 Å². The number of ether oxygens (including phenoxy) is 1. The lowest BCUT2D eigenvalue weighted by atomic mass is 9.88. The molecule has 46 heavy (non-hydrogen) atoms. The number of hydrogen-bond donors (Lipinski definition) is 1. The lowest BCUT2D eigenvalue weighted by Gasteiger charge is -2.42. The number of fused-ring (bicyclic) bond motifs is 3. The van der Waals surface area contributed by atoms with Crippen LogP contribution in [0, 0.1) is 13.8 Å². The van der Waals surface area contributed by atoms with Crippen LogP contribution in [0.3, 0.4) is 0 Å². The summed E-state index contributed by atoms with van der Waals surface area (Å²) >= 11 is 1.74. The number of nitrogens with one attached hydrogen (secondary N) is 1. The van der Waals surface area contributed by atoms with Crippen molar-refractivity contribution in [1.82, 2.24) is 19.1 Å². The molecule has 8 nitrogen and oxygen atoms in total. The fourth-order valence-corrected chi connectivity index (χ4v) is 11.5. The number of thiophene rings is 1. The van der Waals surface area contributed by atoms with Crippen molar-refractivity contribution in [3.05, 3.63) is 45.8 Å². The molecule has 0 radical (unpaired) electrons. The highest BCUT2D eigenvalue weighted by Gasteiger charge is 2.47. The first kappa shape index (κ1) is 32.3. The van der Waals surface area contributed by atoms with E-state index in [2.05, 4.69) is 66.7 Å². The number of hydrogen-bond acceptors (Lipinski definition) is 6. The summed E-state index contributed by atoms with van der Waals surface area (Å²) in [7, 11) is -1.42. The van der Waals surface area contributed by atoms with Crippen LogP contribution in [0.4, 0.5) is 0 Å². The molecular weight excluding hydrogens is 617 g/mol. The molecule has 0 aliphatic carbocycles. The van der Waals surface area contributed by atoms with Gasteiger partial charge in [0.05, 0.1) is 22.5 Å². The van der Waals surface area contributed by atoms with Crippen molar-refractivity contribution in [2.45, 2.75) is 102 Å². The first-order valence-electron chi connectivity index (χ1n) is 17.2. The van der Waals surface area contributed by atoms with Gasteiger partial charge in [0, 0.05) is 62.2 Å². The molecule has 2 bridgehead atoms. The molecule has 1 aromatic carbocycles. The number of piperidine rings is 1. The molecule has 2 aromatic heterocycles. The number of aromatic amines is 1. The van der Waals surface area contributed by atoms with Gasteiger partial charge in [0.15, 0.2) is 0 Å². The van der Waals surface area contributed by atoms with E-state index in [1.807, 2.05) is 0 Å². The van der Waals surface area contributed by atoms with Gasteiger partial charge in [-0.2, -0.15) is 4.31 Å². The van der Waals surface area contributed by atoms with E-state index in [0.29, 0.717) is 31.6 Å². The van der Waals surface area contributed by atoms with Gasteiger partial charge in [-0.15, -0.1) is 11.3 Å². The zero-order valence-electron chi connectivity index (χ0n) is 28.2. The Bertz CT molecular complexity index is 1690. The summed E-state index contributed by atoms with van der Waals surface area (Å²) in [5.41, 5.74) is 5.23. The first-order valence-corrected chi connectivity index (χ1v) is 19.6. The van der Waals surface area contributed by atoms with E-state index in [4.69, 9.17) is 4.74 Å². The van der Waals surface area contributed by atoms with E-state index in [1.165, 1.54) is 33.3 Å². The van der Waals surface area contributed by atoms with Crippen molar-refractivity contribution in [3.8, 4) is 11.3 Å². The van der Waals surface area contributed by atoms with Crippen LogP contribution >= 0.6 is 11.3 Å². The molecule has 0 saturated carbocycles. The Hall–Kier alpha value is -2.24. The summed E-state index contributed by atoms with van der Waals surface area (Å²) < 4.78 is 32.7. The Morgan fingerprint density at radius 1 is 1.02 bits per heavy atom. The molecule has 6 heterocycles. The van der Waals surface area contributed by atoms with E-state index < -0.39 is 21.0 Å². The average molecular weight is 667 g/mol. The van der Waals surface area contributed by atoms with Gasteiger partial charge in [0.2, 0.25) is 15.9 Å². The number of carbonyl (C=O) groups is 1. The molecule has 4 aliphatic heterocycles. The fourth-order valence-electron chi connectivity index (χ4n) is 8.71. The maximum absolute atomic E-state index is 14.0. The molecular formula is C36H50N4O4S2. The molecule has 4 fully saturated rings. The van der Waals surface area contributed by atoms with Crippen LogP contribution in [-0.2, 0) is 31.4 Å². The first-order chi connectivity index (χ1) is 21.9. The van der Waals surface area contributed by atoms with Gasteiger partial charge in [0.25, 0.3) is 0 Å². The second-order valence-corrected chi connectivity index (χ2v) is 18.1. The van der Waals surface area contributed by atoms with Crippen LogP contribution in [0.25, 0.3) is 21.5 Å². The van der Waals surface area contributed by atoms with Gasteiger partial charge in [-0.1, -0.05) is 17.2 Å². The number of methoxy groups -OCH3 is 1. The summed E-state index contributed by atoms with van der Waals surface area (Å²) in [6.07, 6.45) is 7.85. The van der Waals surface area contributed by atoms with Crippen LogP contribution < -0.4 is 0 Å². The van der Waals surface area contributed by atoms with Crippen LogP contribution in [0.2, 0.25) is 0 Å². The van der Waals surface area contributed by atoms with Crippen molar-refractivity contribution < 1.29 is 17.9 Å². The van der Waals surface area contributed by atoms with Gasteiger partial charge in [-0.25, -0.2) is 8.42 Å². The Morgan fingerprint density at radius 2 is 1.67 bits per heavy atom. The third kappa shape index (κ3) is 5.76. The van der Waals surface area contributed by atoms with Crippen LogP contribution in [0.5, 0.6) is 0 Å².